The van der Waals surface area contributed by atoms with Gasteiger partial charge >= 0.3 is 6.18 Å². The van der Waals surface area contributed by atoms with Gasteiger partial charge in [-0.2, -0.15) is 22.7 Å². The molecule has 2 N–H and O–H groups in total. The number of alkyl halides is 3. The molecule has 294 valence electrons. The molecule has 4 aromatic rings. The van der Waals surface area contributed by atoms with Gasteiger partial charge in [-0.3, -0.25) is 19.2 Å². The molecule has 1 spiro atoms. The van der Waals surface area contributed by atoms with Crippen molar-refractivity contribution in [3.8, 4) is 5.75 Å². The molecular formula is C37H36ClF3N8O7. The highest BCUT2D eigenvalue weighted by Crippen LogP contribution is 2.43. The standard InChI is InChI=1S/C37H36ClF3N8O7/c1-35(19-55-20-35)33(54)47-12-3-4-21(8-13-47)30-44-34-48(17-27(51)43-24-7-6-22(16-23(24)38)37(39,40)41)25-18-56-36(28(25)31(52)49(34)45-30)9-14-46(15-10-36)32(53)29-26(50)5-2-11-42-29/h2,4-7,11,16,50H,3,8-10,12-15,17-20H2,1H3,(H,43,51). The number of carbonyl (C=O) groups excluding carboxylic acids is 3. The van der Waals surface area contributed by atoms with Gasteiger partial charge in [-0.25, -0.2) is 4.98 Å². The molecular weight excluding hydrogens is 761 g/mol. The second kappa shape index (κ2) is 14.0. The lowest BCUT2D eigenvalue weighted by molar-refractivity contribution is -0.168. The number of nitrogens with zero attached hydrogens (tertiary/aromatic N) is 7. The minimum Gasteiger partial charge on any atom is -0.505 e. The maximum Gasteiger partial charge on any atom is 0.416 e. The van der Waals surface area contributed by atoms with Crippen molar-refractivity contribution in [2.75, 3.05) is 44.7 Å². The SMILES string of the molecule is CC1(C(=O)N2CCC=C(c3nc4n(CC(=O)Nc5ccc(C(F)(F)F)cc5Cl)c5c(c(=O)n4n3)C3(CCN(C(=O)c4ncccc4O)CC3)OC5)CC2)COC1. The van der Waals surface area contributed by atoms with E-state index >= 15 is 0 Å². The fraction of sp³-hybridized carbons (Fsp3) is 0.432. The van der Waals surface area contributed by atoms with Crippen LogP contribution < -0.4 is 10.9 Å². The molecule has 7 heterocycles. The molecule has 2 saturated heterocycles. The van der Waals surface area contributed by atoms with Gasteiger partial charge < -0.3 is 34.3 Å². The molecule has 2 fully saturated rings. The number of carbonyl (C=O) groups is 3. The first kappa shape index (κ1) is 37.6. The molecule has 0 bridgehead atoms. The Morgan fingerprint density at radius 1 is 1.07 bits per heavy atom. The van der Waals surface area contributed by atoms with E-state index in [1.54, 1.807) is 4.90 Å². The third kappa shape index (κ3) is 6.58. The molecule has 8 rings (SSSR count). The summed E-state index contributed by atoms with van der Waals surface area (Å²) in [4.78, 5) is 66.7. The van der Waals surface area contributed by atoms with Gasteiger partial charge in [-0.1, -0.05) is 17.7 Å². The molecule has 4 aliphatic rings. The summed E-state index contributed by atoms with van der Waals surface area (Å²) in [5.74, 6) is -1.12. The topological polar surface area (TPSA) is 173 Å². The van der Waals surface area contributed by atoms with Gasteiger partial charge in [0.05, 0.1) is 52.8 Å². The summed E-state index contributed by atoms with van der Waals surface area (Å²) < 4.78 is 54.1. The van der Waals surface area contributed by atoms with E-state index in [1.165, 1.54) is 27.8 Å². The number of halogens is 4. The summed E-state index contributed by atoms with van der Waals surface area (Å²) in [7, 11) is 0. The predicted molar refractivity (Wildman–Crippen MR) is 193 cm³/mol. The highest BCUT2D eigenvalue weighted by atomic mass is 35.5. The summed E-state index contributed by atoms with van der Waals surface area (Å²) in [6, 6.07) is 5.47. The summed E-state index contributed by atoms with van der Waals surface area (Å²) in [6.45, 7) is 3.28. The largest absolute Gasteiger partial charge is 0.505 e. The van der Waals surface area contributed by atoms with Gasteiger partial charge in [0.25, 0.3) is 11.5 Å². The maximum atomic E-state index is 14.5. The van der Waals surface area contributed by atoms with Gasteiger partial charge in [0.15, 0.2) is 11.5 Å². The number of benzene rings is 1. The second-order valence-corrected chi connectivity index (χ2v) is 15.1. The number of amides is 3. The van der Waals surface area contributed by atoms with Gasteiger partial charge in [0, 0.05) is 32.4 Å². The van der Waals surface area contributed by atoms with E-state index < -0.39 is 46.7 Å². The van der Waals surface area contributed by atoms with Gasteiger partial charge in [0.2, 0.25) is 17.6 Å². The third-order valence-corrected chi connectivity index (χ3v) is 11.2. The van der Waals surface area contributed by atoms with E-state index in [0.29, 0.717) is 50.4 Å². The minimum absolute atomic E-state index is 0.00603. The molecule has 1 aromatic carbocycles. The molecule has 19 heteroatoms. The number of anilines is 1. The van der Waals surface area contributed by atoms with Crippen molar-refractivity contribution in [2.45, 2.75) is 57.5 Å². The van der Waals surface area contributed by atoms with Crippen LogP contribution in [-0.4, -0.2) is 96.2 Å². The normalized spacial score (nSPS) is 19.0. The lowest BCUT2D eigenvalue weighted by Gasteiger charge is -2.40. The quantitative estimate of drug-likeness (QED) is 0.291. The number of fused-ring (bicyclic) bond motifs is 3. The second-order valence-electron chi connectivity index (χ2n) is 14.7. The van der Waals surface area contributed by atoms with Gasteiger partial charge in [-0.15, -0.1) is 5.10 Å². The number of ether oxygens (including phenoxy) is 2. The molecule has 0 radical (unpaired) electrons. The van der Waals surface area contributed by atoms with Crippen molar-refractivity contribution >= 4 is 46.4 Å². The number of aromatic hydroxyl groups is 1. The van der Waals surface area contributed by atoms with E-state index in [0.717, 1.165) is 22.7 Å². The highest BCUT2D eigenvalue weighted by Gasteiger charge is 2.48. The molecule has 15 nitrogen and oxygen atoms in total. The Balaban J connectivity index is 1.12. The number of nitrogens with one attached hydrogen (secondary N) is 1. The Labute approximate surface area is 321 Å². The van der Waals surface area contributed by atoms with Crippen LogP contribution in [0.1, 0.15) is 65.7 Å². The summed E-state index contributed by atoms with van der Waals surface area (Å²) in [6.07, 6.45) is 0.0317. The minimum atomic E-state index is -4.64. The smallest absolute Gasteiger partial charge is 0.416 e. The van der Waals surface area contributed by atoms with Crippen LogP contribution in [0.25, 0.3) is 11.4 Å². The molecule has 3 aromatic heterocycles. The maximum absolute atomic E-state index is 14.5. The van der Waals surface area contributed by atoms with Crippen LogP contribution in [-0.2, 0) is 44.0 Å². The first-order valence-corrected chi connectivity index (χ1v) is 18.4. The number of aromatic nitrogens is 5. The van der Waals surface area contributed by atoms with Gasteiger partial charge in [-0.05, 0) is 68.5 Å². The summed E-state index contributed by atoms with van der Waals surface area (Å²) in [5.41, 5.74) is -2.04. The fourth-order valence-corrected chi connectivity index (χ4v) is 8.00. The van der Waals surface area contributed by atoms with Gasteiger partial charge in [0.1, 0.15) is 17.9 Å². The summed E-state index contributed by atoms with van der Waals surface area (Å²) in [5, 5.41) is 17.1. The fourth-order valence-electron chi connectivity index (χ4n) is 7.77. The zero-order valence-corrected chi connectivity index (χ0v) is 30.8. The average molecular weight is 797 g/mol. The first-order valence-electron chi connectivity index (χ1n) is 18.0. The number of hydrogen-bond acceptors (Lipinski definition) is 10. The van der Waals surface area contributed by atoms with Crippen molar-refractivity contribution < 1.29 is 42.1 Å². The van der Waals surface area contributed by atoms with E-state index in [9.17, 15) is 37.5 Å². The van der Waals surface area contributed by atoms with Crippen molar-refractivity contribution in [3.05, 3.63) is 86.3 Å². The molecule has 0 unspecified atom stereocenters. The molecule has 0 aliphatic carbocycles. The van der Waals surface area contributed by atoms with E-state index in [2.05, 4.69) is 15.4 Å². The predicted octanol–water partition coefficient (Wildman–Crippen LogP) is 4.01. The molecule has 3 amide bonds. The number of likely N-dealkylation sites (tertiary alicyclic amines) is 1. The lowest BCUT2D eigenvalue weighted by atomic mass is 9.85. The highest BCUT2D eigenvalue weighted by molar-refractivity contribution is 6.33. The average Bonchev–Trinajstić information content (AvgIpc) is 3.67. The zero-order valence-electron chi connectivity index (χ0n) is 30.1. The molecule has 0 atom stereocenters. The molecule has 4 aliphatic heterocycles. The third-order valence-electron chi connectivity index (χ3n) is 10.9. The Kier molecular flexibility index (Phi) is 9.40. The van der Waals surface area contributed by atoms with E-state index in [-0.39, 0.29) is 77.8 Å². The van der Waals surface area contributed by atoms with Crippen molar-refractivity contribution in [3.63, 3.8) is 0 Å². The molecule has 0 saturated carbocycles. The lowest BCUT2D eigenvalue weighted by Crippen LogP contribution is -2.53. The van der Waals surface area contributed by atoms with Crippen LogP contribution in [0.3, 0.4) is 0 Å². The van der Waals surface area contributed by atoms with Crippen molar-refractivity contribution in [1.82, 2.24) is 33.9 Å². The number of rotatable bonds is 6. The van der Waals surface area contributed by atoms with Crippen LogP contribution in [0.4, 0.5) is 18.9 Å². The van der Waals surface area contributed by atoms with Crippen LogP contribution >= 0.6 is 11.6 Å². The Bertz CT molecular complexity index is 2370. The van der Waals surface area contributed by atoms with E-state index in [4.69, 9.17) is 26.1 Å². The first-order chi connectivity index (χ1) is 26.7. The zero-order chi connectivity index (χ0) is 39.6. The number of pyridine rings is 1. The Morgan fingerprint density at radius 2 is 1.84 bits per heavy atom. The molecule has 56 heavy (non-hydrogen) atoms. The Hall–Kier alpha value is -5.33. The van der Waals surface area contributed by atoms with Crippen molar-refractivity contribution in [1.29, 1.82) is 0 Å². The Morgan fingerprint density at radius 3 is 2.52 bits per heavy atom. The monoisotopic (exact) mass is 796 g/mol. The van der Waals surface area contributed by atoms with Crippen LogP contribution in [0.5, 0.6) is 5.75 Å². The number of hydrogen-bond donors (Lipinski definition) is 2. The van der Waals surface area contributed by atoms with Crippen molar-refractivity contribution in [2.24, 2.45) is 5.41 Å². The van der Waals surface area contributed by atoms with Crippen LogP contribution in [0, 0.1) is 5.41 Å². The number of piperidine rings is 1. The summed E-state index contributed by atoms with van der Waals surface area (Å²) >= 11 is 6.15. The van der Waals surface area contributed by atoms with E-state index in [1.807, 2.05) is 13.0 Å². The van der Waals surface area contributed by atoms with Crippen LogP contribution in [0.15, 0.2) is 47.4 Å². The van der Waals surface area contributed by atoms with Crippen LogP contribution in [0.2, 0.25) is 5.02 Å².